The van der Waals surface area contributed by atoms with Crippen molar-refractivity contribution in [1.82, 2.24) is 35.3 Å². The summed E-state index contributed by atoms with van der Waals surface area (Å²) in [6.07, 6.45) is 6.97. The van der Waals surface area contributed by atoms with Crippen molar-refractivity contribution >= 4 is 84.4 Å². The van der Waals surface area contributed by atoms with Crippen LogP contribution in [0.5, 0.6) is 46.0 Å². The molecule has 686 valence electrons. The molecule has 0 amide bonds. The molecule has 0 fully saturated rings. The standard InChI is InChI=1S/2C22H18FNO3.C22H20N2O5.C22H19NO4.C20H16N2O4/c1-11-7-14-4-3-12-8-15-10-27-22(25)20(15)18(19(12)21(14)24-11)13-5-6-16(23)17(9-13)26-2;1-11-7-13-4-3-12-8-14-10-27-22(25)19(14)20(18(12)21(13)24-11)16-6-5-15(26-2)9-17(16)23;1-27-16-7-13(6-14(9-25)21(16)28-2)17-18-11(3-4-12-8-23-24-20(12)18)5-15-10-29-22(26)19(15)17;1-11-7-14-4-3-12-8-15-10-27-22(25)20(15)18(19(12)21(14)23-11)13-5-6-17(26-2)16(24)9-13;1-25-15-7-11(4-5-14(15)23)16-17-10(2-3-12-8-21-22-19(12)17)6-13-9-26-20(24)18(13)16/h3-7,9,18,24H,8,10H2,1-2H3;3-7,9,20,24H,8,10H2,1-2H3;3-4,6-8,17,25H,5,9-10H2,1-2H3,(H,23,24);3-7,9,18,23-24H,8,10H2,1-2H3;2-5,7-8,16,23H,6,9H2,1H3,(H,21,22). The monoisotopic (exact) mass is 1830 g/mol. The average Bonchev–Trinajstić information content (AvgIpc) is 1.57. The molecule has 5 aliphatic carbocycles. The van der Waals surface area contributed by atoms with Crippen LogP contribution >= 0.6 is 0 Å². The molecule has 10 heterocycles. The summed E-state index contributed by atoms with van der Waals surface area (Å²) in [7, 11) is 9.07. The number of esters is 5. The number of halogens is 2. The number of H-pyrrole nitrogens is 5. The van der Waals surface area contributed by atoms with E-state index in [1.807, 2.05) is 57.2 Å². The molecule has 136 heavy (non-hydrogen) atoms. The highest BCUT2D eigenvalue weighted by atomic mass is 19.1. The zero-order valence-electron chi connectivity index (χ0n) is 75.4. The van der Waals surface area contributed by atoms with E-state index in [4.69, 9.17) is 52.1 Å². The van der Waals surface area contributed by atoms with Gasteiger partial charge in [-0.1, -0.05) is 84.9 Å². The molecule has 0 saturated heterocycles. The molecular formula is C108H91F2N7O19. The van der Waals surface area contributed by atoms with E-state index in [0.717, 1.165) is 172 Å². The maximum Gasteiger partial charge on any atom is 0.335 e. The minimum atomic E-state index is -0.494. The Morgan fingerprint density at radius 3 is 1.11 bits per heavy atom. The fourth-order valence-electron chi connectivity index (χ4n) is 21.7. The Balaban J connectivity index is 0.000000102. The number of phenols is 2. The number of carbonyl (C=O) groups excluding carboxylic acids is 5. The summed E-state index contributed by atoms with van der Waals surface area (Å²) in [4.78, 5) is 73.2. The number of nitrogens with zero attached hydrogens (tertiary/aromatic N) is 2. The number of fused-ring (bicyclic) bond motifs is 15. The number of carbonyl (C=O) groups is 5. The fraction of sp³-hybridized carbons (Fsp3) is 0.231. The predicted molar refractivity (Wildman–Crippen MR) is 500 cm³/mol. The topological polar surface area (TPSA) is 352 Å². The third-order valence-electron chi connectivity index (χ3n) is 27.7. The van der Waals surface area contributed by atoms with E-state index in [0.29, 0.717) is 126 Å². The van der Waals surface area contributed by atoms with Gasteiger partial charge in [0.2, 0.25) is 0 Å². The zero-order chi connectivity index (χ0) is 94.1. The molecule has 28 heteroatoms. The highest BCUT2D eigenvalue weighted by Gasteiger charge is 2.47. The van der Waals surface area contributed by atoms with Crippen LogP contribution in [0.1, 0.15) is 136 Å². The summed E-state index contributed by atoms with van der Waals surface area (Å²) in [5.41, 5.74) is 31.6. The van der Waals surface area contributed by atoms with Gasteiger partial charge in [-0.15, -0.1) is 0 Å². The van der Waals surface area contributed by atoms with Gasteiger partial charge in [0.15, 0.2) is 46.1 Å². The summed E-state index contributed by atoms with van der Waals surface area (Å²) >= 11 is 0. The predicted octanol–water partition coefficient (Wildman–Crippen LogP) is 17.5. The summed E-state index contributed by atoms with van der Waals surface area (Å²) in [5.74, 6) is -1.50. The quantitative estimate of drug-likeness (QED) is 0.0416. The maximum absolute atomic E-state index is 15.0. The molecule has 10 aliphatic rings. The number of aromatic hydroxyl groups is 2. The molecular weight excluding hydrogens is 1740 g/mol. The van der Waals surface area contributed by atoms with Crippen molar-refractivity contribution in [2.45, 2.75) is 89.1 Å². The van der Waals surface area contributed by atoms with E-state index < -0.39 is 11.7 Å². The van der Waals surface area contributed by atoms with Crippen LogP contribution in [0.25, 0.3) is 54.5 Å². The number of benzene rings is 10. The lowest BCUT2D eigenvalue weighted by molar-refractivity contribution is -0.137. The number of methoxy groups -OCH3 is 6. The number of hydrogen-bond acceptors (Lipinski definition) is 21. The Morgan fingerprint density at radius 1 is 0.346 bits per heavy atom. The molecule has 0 spiro atoms. The van der Waals surface area contributed by atoms with Gasteiger partial charge < -0.3 is 82.4 Å². The number of phenolic OH excluding ortho intramolecular Hbond substituents is 2. The van der Waals surface area contributed by atoms with Crippen molar-refractivity contribution in [2.75, 3.05) is 75.7 Å². The van der Waals surface area contributed by atoms with Crippen LogP contribution in [-0.2, 0) is 86.4 Å². The molecule has 10 aromatic carbocycles. The number of hydrogen-bond donors (Lipinski definition) is 8. The summed E-state index contributed by atoms with van der Waals surface area (Å²) in [6, 6.07) is 51.0. The van der Waals surface area contributed by atoms with Gasteiger partial charge in [0.05, 0.1) is 117 Å². The first kappa shape index (κ1) is 86.7. The lowest BCUT2D eigenvalue weighted by atomic mass is 9.74. The summed E-state index contributed by atoms with van der Waals surface area (Å²) < 4.78 is 87.5. The number of aromatic amines is 5. The third kappa shape index (κ3) is 14.7. The summed E-state index contributed by atoms with van der Waals surface area (Å²) in [6.45, 7) is 7.41. The maximum atomic E-state index is 15.0. The molecule has 5 atom stereocenters. The molecule has 0 saturated carbocycles. The van der Waals surface area contributed by atoms with Crippen LogP contribution in [0.2, 0.25) is 0 Å². The van der Waals surface area contributed by atoms with E-state index >= 15 is 4.39 Å². The van der Waals surface area contributed by atoms with Crippen LogP contribution in [0, 0.1) is 32.4 Å². The number of aliphatic hydroxyl groups excluding tert-OH is 1. The molecule has 5 unspecified atom stereocenters. The number of aliphatic hydroxyl groups is 1. The minimum Gasteiger partial charge on any atom is -0.504 e. The second-order valence-electron chi connectivity index (χ2n) is 35.3. The zero-order valence-corrected chi connectivity index (χ0v) is 75.4. The van der Waals surface area contributed by atoms with Crippen molar-refractivity contribution in [1.29, 1.82) is 0 Å². The molecule has 15 aromatic rings. The van der Waals surface area contributed by atoms with Crippen LogP contribution < -0.4 is 28.4 Å². The number of aromatic nitrogens is 7. The van der Waals surface area contributed by atoms with Crippen LogP contribution in [-0.4, -0.2) is 156 Å². The van der Waals surface area contributed by atoms with E-state index in [9.17, 15) is 43.7 Å². The van der Waals surface area contributed by atoms with E-state index in [2.05, 4.69) is 102 Å². The van der Waals surface area contributed by atoms with E-state index in [1.54, 1.807) is 68.0 Å². The van der Waals surface area contributed by atoms with Gasteiger partial charge in [0, 0.05) is 74.6 Å². The van der Waals surface area contributed by atoms with Crippen molar-refractivity contribution < 1.29 is 100 Å². The van der Waals surface area contributed by atoms with Crippen molar-refractivity contribution in [3.63, 3.8) is 0 Å². The second-order valence-corrected chi connectivity index (χ2v) is 35.3. The van der Waals surface area contributed by atoms with Crippen LogP contribution in [0.4, 0.5) is 8.78 Å². The highest BCUT2D eigenvalue weighted by molar-refractivity contribution is 6.03. The first-order valence-corrected chi connectivity index (χ1v) is 44.5. The number of cyclic esters (lactones) is 5. The van der Waals surface area contributed by atoms with Crippen LogP contribution in [0.3, 0.4) is 0 Å². The Labute approximate surface area is 776 Å². The number of rotatable bonds is 12. The summed E-state index contributed by atoms with van der Waals surface area (Å²) in [5, 5.41) is 50.0. The molecule has 5 aromatic heterocycles. The van der Waals surface area contributed by atoms with Crippen molar-refractivity contribution in [2.24, 2.45) is 0 Å². The van der Waals surface area contributed by atoms with Gasteiger partial charge in [0.25, 0.3) is 0 Å². The van der Waals surface area contributed by atoms with Crippen molar-refractivity contribution in [3.8, 4) is 46.0 Å². The number of nitrogens with one attached hydrogen (secondary N) is 5. The lowest BCUT2D eigenvalue weighted by Crippen LogP contribution is -2.19. The number of aryl methyl sites for hydroxylation is 3. The van der Waals surface area contributed by atoms with Crippen LogP contribution in [0.15, 0.2) is 232 Å². The molecule has 0 radical (unpaired) electrons. The Morgan fingerprint density at radius 2 is 0.713 bits per heavy atom. The second kappa shape index (κ2) is 34.6. The molecule has 8 N–H and O–H groups in total. The van der Waals surface area contributed by atoms with Gasteiger partial charge in [0.1, 0.15) is 44.6 Å². The smallest absolute Gasteiger partial charge is 0.335 e. The molecule has 0 bridgehead atoms. The molecule has 5 aliphatic heterocycles. The molecule has 25 rings (SSSR count). The van der Waals surface area contributed by atoms with Gasteiger partial charge >= 0.3 is 29.8 Å². The Kier molecular flexibility index (Phi) is 22.0. The normalized spacial score (nSPS) is 18.4. The first-order chi connectivity index (χ1) is 66.0. The van der Waals surface area contributed by atoms with E-state index in [1.165, 1.54) is 53.2 Å². The molecule has 26 nitrogen and oxygen atoms in total. The fourth-order valence-corrected chi connectivity index (χ4v) is 21.7. The van der Waals surface area contributed by atoms with Gasteiger partial charge in [-0.2, -0.15) is 10.2 Å². The lowest BCUT2D eigenvalue weighted by Gasteiger charge is -2.28. The minimum absolute atomic E-state index is 0.0606. The largest absolute Gasteiger partial charge is 0.504 e. The third-order valence-corrected chi connectivity index (χ3v) is 27.7. The van der Waals surface area contributed by atoms with Gasteiger partial charge in [-0.3, -0.25) is 10.2 Å². The number of ether oxygens (including phenoxy) is 11. The van der Waals surface area contributed by atoms with Gasteiger partial charge in [-0.05, 0) is 248 Å². The van der Waals surface area contributed by atoms with E-state index in [-0.39, 0.29) is 89.8 Å². The Bertz CT molecular complexity index is 7780. The first-order valence-electron chi connectivity index (χ1n) is 44.5. The highest BCUT2D eigenvalue weighted by Crippen LogP contribution is 2.55. The van der Waals surface area contributed by atoms with Gasteiger partial charge in [-0.25, -0.2) is 32.8 Å². The van der Waals surface area contributed by atoms with Crippen molar-refractivity contribution in [3.05, 3.63) is 350 Å². The average molecular weight is 1830 g/mol. The Hall–Kier alpha value is -16.0. The SMILES string of the molecule is COc1cc(C2C3=C(COC3=O)Cc3ccc4cc(C)[nH]c4c32)ccc1F.COc1cc(C2C3=C(COC3=O)Cc3ccc4cn[nH]c4c32)cc(CO)c1OC.COc1cc(C2C3=C(COC3=O)Cc3ccc4cn[nH]c4c32)ccc1O.COc1ccc(C2C3=C(COC3=O)Cc3ccc4cc(C)[nH]c4c32)c(F)c1.COc1ccc(C2C3=C(COC3=O)Cc3ccc4cc(C)[nH]c4c32)cc1O.